The smallest absolute Gasteiger partial charge is 0.363 e. The number of nitrogens with zero attached hydrogens (tertiary/aromatic N) is 1. The van der Waals surface area contributed by atoms with Crippen LogP contribution >= 0.6 is 0 Å². The van der Waals surface area contributed by atoms with E-state index in [1.165, 1.54) is 24.5 Å². The van der Waals surface area contributed by atoms with E-state index in [1.54, 1.807) is 0 Å². The summed E-state index contributed by atoms with van der Waals surface area (Å²) in [7, 11) is 0. The molecule has 1 aromatic heterocycles. The van der Waals surface area contributed by atoms with Crippen molar-refractivity contribution in [1.82, 2.24) is 10.5 Å². The van der Waals surface area contributed by atoms with E-state index in [-0.39, 0.29) is 11.8 Å². The lowest BCUT2D eigenvalue weighted by molar-refractivity contribution is -0.137. The highest BCUT2D eigenvalue weighted by atomic mass is 16.7. The van der Waals surface area contributed by atoms with Crippen molar-refractivity contribution in [3.8, 4) is 0 Å². The summed E-state index contributed by atoms with van der Waals surface area (Å²) in [5.74, 6) is -1.03. The van der Waals surface area contributed by atoms with E-state index in [2.05, 4.69) is 10.5 Å². The number of pyridine rings is 1. The summed E-state index contributed by atoms with van der Waals surface area (Å²) >= 11 is 0. The molecule has 1 amide bonds. The van der Waals surface area contributed by atoms with Gasteiger partial charge in [-0.3, -0.25) is 9.78 Å². The Morgan fingerprint density at radius 2 is 1.94 bits per heavy atom. The van der Waals surface area contributed by atoms with Crippen LogP contribution in [-0.2, 0) is 14.4 Å². The Morgan fingerprint density at radius 3 is 2.61 bits per heavy atom. The van der Waals surface area contributed by atoms with Crippen molar-refractivity contribution in [2.24, 2.45) is 5.92 Å². The third kappa shape index (κ3) is 3.27. The van der Waals surface area contributed by atoms with Gasteiger partial charge in [0.05, 0.1) is 5.56 Å². The molecule has 6 heteroatoms. The number of ether oxygens (including phenoxy) is 1. The van der Waals surface area contributed by atoms with Crippen molar-refractivity contribution in [2.45, 2.75) is 12.8 Å². The first-order chi connectivity index (χ1) is 8.77. The van der Waals surface area contributed by atoms with Crippen LogP contribution in [0.5, 0.6) is 0 Å². The fraction of sp³-hybridized carbons (Fsp3) is 0.417. The van der Waals surface area contributed by atoms with E-state index in [9.17, 15) is 9.59 Å². The molecule has 2 rings (SSSR count). The number of rotatable bonds is 2. The third-order valence-corrected chi connectivity index (χ3v) is 2.75. The molecule has 0 aromatic carbocycles. The predicted octanol–water partition coefficient (Wildman–Crippen LogP) is 0.696. The molecular formula is C12H14N2O4. The lowest BCUT2D eigenvalue weighted by Gasteiger charge is -2.20. The maximum Gasteiger partial charge on any atom is 0.363 e. The maximum atomic E-state index is 11.7. The number of aromatic nitrogens is 1. The average molecular weight is 250 g/mol. The molecule has 1 saturated heterocycles. The van der Waals surface area contributed by atoms with Crippen LogP contribution in [-0.4, -0.2) is 30.1 Å². The van der Waals surface area contributed by atoms with Crippen LogP contribution in [0.1, 0.15) is 23.2 Å². The van der Waals surface area contributed by atoms with Gasteiger partial charge >= 0.3 is 5.97 Å². The maximum absolute atomic E-state index is 11.7. The summed E-state index contributed by atoms with van der Waals surface area (Å²) in [4.78, 5) is 31.7. The van der Waals surface area contributed by atoms with Gasteiger partial charge in [-0.25, -0.2) is 4.79 Å². The van der Waals surface area contributed by atoms with E-state index in [4.69, 9.17) is 9.57 Å². The zero-order chi connectivity index (χ0) is 12.8. The Balaban J connectivity index is 1.80. The summed E-state index contributed by atoms with van der Waals surface area (Å²) in [5.41, 5.74) is 2.53. The lowest BCUT2D eigenvalue weighted by atomic mass is 10.00. The van der Waals surface area contributed by atoms with Gasteiger partial charge in [-0.15, -0.1) is 0 Å². The highest BCUT2D eigenvalue weighted by Gasteiger charge is 2.22. The Morgan fingerprint density at radius 1 is 1.28 bits per heavy atom. The number of hydroxylamine groups is 1. The van der Waals surface area contributed by atoms with Gasteiger partial charge in [0.25, 0.3) is 5.91 Å². The van der Waals surface area contributed by atoms with Crippen molar-refractivity contribution in [3.63, 3.8) is 0 Å². The molecule has 6 nitrogen and oxygen atoms in total. The van der Waals surface area contributed by atoms with Crippen molar-refractivity contribution in [2.75, 3.05) is 13.2 Å². The zero-order valence-electron chi connectivity index (χ0n) is 9.80. The Bertz CT molecular complexity index is 415. The quantitative estimate of drug-likeness (QED) is 0.782. The monoisotopic (exact) mass is 250 g/mol. The molecule has 1 aromatic rings. The minimum absolute atomic E-state index is 0.149. The number of nitrogens with one attached hydrogen (secondary N) is 1. The van der Waals surface area contributed by atoms with Crippen LogP contribution in [0.25, 0.3) is 0 Å². The second kappa shape index (κ2) is 6.11. The van der Waals surface area contributed by atoms with E-state index in [0.717, 1.165) is 0 Å². The molecular weight excluding hydrogens is 236 g/mol. The van der Waals surface area contributed by atoms with Gasteiger partial charge in [0.15, 0.2) is 0 Å². The van der Waals surface area contributed by atoms with Gasteiger partial charge in [0, 0.05) is 31.5 Å². The largest absolute Gasteiger partial charge is 0.381 e. The van der Waals surface area contributed by atoms with E-state index in [1.807, 2.05) is 0 Å². The van der Waals surface area contributed by atoms with E-state index >= 15 is 0 Å². The van der Waals surface area contributed by atoms with Gasteiger partial charge < -0.3 is 9.57 Å². The molecule has 0 unspecified atom stereocenters. The molecule has 1 fully saturated rings. The number of hydrogen-bond acceptors (Lipinski definition) is 5. The molecule has 1 aliphatic heterocycles. The standard InChI is InChI=1S/C12H14N2O4/c15-11(9-3-7-17-8-4-9)14-18-12(16)10-1-5-13-6-2-10/h1-2,5-6,9H,3-4,7-8H2,(H,14,15). The second-order valence-electron chi connectivity index (χ2n) is 3.98. The first-order valence-electron chi connectivity index (χ1n) is 5.76. The highest BCUT2D eigenvalue weighted by molar-refractivity contribution is 5.90. The van der Waals surface area contributed by atoms with Crippen molar-refractivity contribution in [1.29, 1.82) is 0 Å². The second-order valence-corrected chi connectivity index (χ2v) is 3.98. The topological polar surface area (TPSA) is 77.5 Å². The normalized spacial score (nSPS) is 16.0. The molecule has 0 spiro atoms. The van der Waals surface area contributed by atoms with Crippen molar-refractivity contribution < 1.29 is 19.2 Å². The summed E-state index contributed by atoms with van der Waals surface area (Å²) in [6.07, 6.45) is 4.27. The molecule has 18 heavy (non-hydrogen) atoms. The van der Waals surface area contributed by atoms with Crippen LogP contribution in [0, 0.1) is 5.92 Å². The van der Waals surface area contributed by atoms with Crippen molar-refractivity contribution in [3.05, 3.63) is 30.1 Å². The van der Waals surface area contributed by atoms with Crippen LogP contribution in [0.3, 0.4) is 0 Å². The Hall–Kier alpha value is -1.95. The number of amides is 1. The molecule has 1 aliphatic rings. The van der Waals surface area contributed by atoms with Crippen molar-refractivity contribution >= 4 is 11.9 Å². The third-order valence-electron chi connectivity index (χ3n) is 2.75. The molecule has 0 atom stereocenters. The molecule has 2 heterocycles. The zero-order valence-corrected chi connectivity index (χ0v) is 9.80. The summed E-state index contributed by atoms with van der Waals surface area (Å²) in [6, 6.07) is 3.03. The number of carbonyl (C=O) groups is 2. The molecule has 0 aliphatic carbocycles. The Labute approximate surface area is 104 Å². The van der Waals surface area contributed by atoms with Gasteiger partial charge in [0.1, 0.15) is 0 Å². The summed E-state index contributed by atoms with van der Waals surface area (Å²) in [5, 5.41) is 0. The van der Waals surface area contributed by atoms with Crippen LogP contribution in [0.15, 0.2) is 24.5 Å². The lowest BCUT2D eigenvalue weighted by Crippen LogP contribution is -2.35. The minimum Gasteiger partial charge on any atom is -0.381 e. The first-order valence-corrected chi connectivity index (χ1v) is 5.76. The van der Waals surface area contributed by atoms with Crippen LogP contribution < -0.4 is 5.48 Å². The first kappa shape index (κ1) is 12.5. The molecule has 0 saturated carbocycles. The summed E-state index contributed by atoms with van der Waals surface area (Å²) < 4.78 is 5.15. The minimum atomic E-state index is -0.599. The van der Waals surface area contributed by atoms with Gasteiger partial charge in [-0.1, -0.05) is 0 Å². The molecule has 96 valence electrons. The highest BCUT2D eigenvalue weighted by Crippen LogP contribution is 2.14. The molecule has 1 N–H and O–H groups in total. The van der Waals surface area contributed by atoms with E-state index < -0.39 is 5.97 Å². The van der Waals surface area contributed by atoms with Crippen LogP contribution in [0.4, 0.5) is 0 Å². The summed E-state index contributed by atoms with van der Waals surface area (Å²) in [6.45, 7) is 1.13. The fourth-order valence-corrected chi connectivity index (χ4v) is 1.69. The van der Waals surface area contributed by atoms with E-state index in [0.29, 0.717) is 31.6 Å². The average Bonchev–Trinajstić information content (AvgIpc) is 2.46. The number of hydrogen-bond donors (Lipinski definition) is 1. The predicted molar refractivity (Wildman–Crippen MR) is 61.3 cm³/mol. The molecule has 0 bridgehead atoms. The van der Waals surface area contributed by atoms with Gasteiger partial charge in [-0.2, -0.15) is 5.48 Å². The van der Waals surface area contributed by atoms with Gasteiger partial charge in [0.2, 0.25) is 0 Å². The van der Waals surface area contributed by atoms with Gasteiger partial charge in [-0.05, 0) is 25.0 Å². The van der Waals surface area contributed by atoms with Crippen LogP contribution in [0.2, 0.25) is 0 Å². The number of carbonyl (C=O) groups excluding carboxylic acids is 2. The Kier molecular flexibility index (Phi) is 4.25. The SMILES string of the molecule is O=C(ONC(=O)C1CCOCC1)c1ccncc1. The molecule has 0 radical (unpaired) electrons. The fourth-order valence-electron chi connectivity index (χ4n) is 1.69.